The highest BCUT2D eigenvalue weighted by Gasteiger charge is 2.42. The monoisotopic (exact) mass is 767 g/mol. The van der Waals surface area contributed by atoms with E-state index in [0.29, 0.717) is 33.7 Å². The fourth-order valence-corrected chi connectivity index (χ4v) is 9.03. The van der Waals surface area contributed by atoms with Crippen molar-refractivity contribution in [3.8, 4) is 12.1 Å². The normalized spacial score (nSPS) is 13.3. The molecular formula is C51H55N6O+. The van der Waals surface area contributed by atoms with Gasteiger partial charge in [0.15, 0.2) is 0 Å². The number of rotatable bonds is 14. The molecule has 0 bridgehead atoms. The van der Waals surface area contributed by atoms with Crippen LogP contribution in [0.5, 0.6) is 0 Å². The van der Waals surface area contributed by atoms with Gasteiger partial charge >= 0.3 is 0 Å². The van der Waals surface area contributed by atoms with Crippen molar-refractivity contribution >= 4 is 55.5 Å². The van der Waals surface area contributed by atoms with Crippen LogP contribution in [0.1, 0.15) is 107 Å². The predicted molar refractivity (Wildman–Crippen MR) is 242 cm³/mol. The Labute approximate surface area is 343 Å². The number of nitriles is 2. The minimum absolute atomic E-state index is 0.0190. The number of fused-ring (bicyclic) bond motifs is 4. The van der Waals surface area contributed by atoms with Crippen molar-refractivity contribution in [2.75, 3.05) is 42.5 Å². The minimum Gasteiger partial charge on any atom is -0.507 e. The van der Waals surface area contributed by atoms with E-state index in [-0.39, 0.29) is 11.3 Å². The quantitative estimate of drug-likeness (QED) is 0.0438. The molecule has 7 rings (SSSR count). The molecule has 0 fully saturated rings. The van der Waals surface area contributed by atoms with Gasteiger partial charge in [-0.05, 0) is 48.2 Å². The van der Waals surface area contributed by atoms with Crippen LogP contribution in [0.15, 0.2) is 107 Å². The predicted octanol–water partition coefficient (Wildman–Crippen LogP) is 11.5. The lowest BCUT2D eigenvalue weighted by Gasteiger charge is -2.35. The summed E-state index contributed by atoms with van der Waals surface area (Å²) in [5.41, 5.74) is 24.1. The second kappa shape index (κ2) is 17.5. The molecule has 5 N–H and O–H groups in total. The zero-order valence-corrected chi connectivity index (χ0v) is 34.5. The highest BCUT2D eigenvalue weighted by molar-refractivity contribution is 6.28. The maximum atomic E-state index is 12.8. The summed E-state index contributed by atoms with van der Waals surface area (Å²) < 4.78 is 2.52. The van der Waals surface area contributed by atoms with E-state index in [4.69, 9.17) is 11.5 Å². The standard InChI is InChI=1S/C51H54N6O/c1-5-9-27-56(28-10-6-2)49-36-21-15-13-19-34(36)43(35-20-14-16-22-37(35)49)47-42(33(31-52)32-53)48(51(47)58)46-44-38(23-17-25-40(44)54)50(39-24-18-26-41(55)45(39)46)57(29-11-7-3)30-12-8-4/h13-26H,5-12,27-30,54-55H2,1-4H3/p+1. The smallest absolute Gasteiger partial charge is 0.215 e. The van der Waals surface area contributed by atoms with Gasteiger partial charge in [-0.1, -0.05) is 114 Å². The largest absolute Gasteiger partial charge is 0.507 e. The van der Waals surface area contributed by atoms with Crippen LogP contribution in [0.2, 0.25) is 0 Å². The third-order valence-electron chi connectivity index (χ3n) is 11.8. The lowest BCUT2D eigenvalue weighted by Crippen LogP contribution is -2.30. The summed E-state index contributed by atoms with van der Waals surface area (Å²) in [7, 11) is 0. The first-order valence-corrected chi connectivity index (χ1v) is 21.2. The van der Waals surface area contributed by atoms with Gasteiger partial charge in [0.1, 0.15) is 36.6 Å². The number of benzene rings is 5. The van der Waals surface area contributed by atoms with Crippen LogP contribution in [0.25, 0.3) is 32.7 Å². The highest BCUT2D eigenvalue weighted by atomic mass is 16.3. The van der Waals surface area contributed by atoms with E-state index in [0.717, 1.165) is 133 Å². The molecule has 5 aromatic rings. The Morgan fingerprint density at radius 3 is 1.52 bits per heavy atom. The summed E-state index contributed by atoms with van der Waals surface area (Å²) in [6.45, 7) is 12.5. The number of nitrogens with zero attached hydrogens (tertiary/aromatic N) is 4. The minimum atomic E-state index is -0.0746. The van der Waals surface area contributed by atoms with Crippen molar-refractivity contribution in [1.29, 1.82) is 10.5 Å². The maximum Gasteiger partial charge on any atom is 0.215 e. The van der Waals surface area contributed by atoms with Crippen LogP contribution in [0.4, 0.5) is 17.1 Å². The van der Waals surface area contributed by atoms with Crippen LogP contribution < -0.4 is 16.4 Å². The number of anilines is 3. The molecule has 0 saturated carbocycles. The van der Waals surface area contributed by atoms with E-state index in [2.05, 4.69) is 97.8 Å². The molecule has 0 aromatic heterocycles. The number of nitrogen functional groups attached to an aromatic ring is 2. The van der Waals surface area contributed by atoms with E-state index < -0.39 is 0 Å². The third-order valence-corrected chi connectivity index (χ3v) is 11.8. The first kappa shape index (κ1) is 39.9. The molecule has 0 atom stereocenters. The van der Waals surface area contributed by atoms with Crippen LogP contribution in [0.3, 0.4) is 0 Å². The number of allylic oxidation sites excluding steroid dienone is 3. The fraction of sp³-hybridized carbons (Fsp3) is 0.314. The summed E-state index contributed by atoms with van der Waals surface area (Å²) in [5.74, 6) is 0.0190. The van der Waals surface area contributed by atoms with Crippen molar-refractivity contribution in [3.63, 3.8) is 0 Å². The molecule has 7 nitrogen and oxygen atoms in total. The molecule has 0 unspecified atom stereocenters. The van der Waals surface area contributed by atoms with Crippen LogP contribution >= 0.6 is 0 Å². The van der Waals surface area contributed by atoms with Gasteiger partial charge < -0.3 is 21.5 Å². The third kappa shape index (κ3) is 6.79. The van der Waals surface area contributed by atoms with Crippen LogP contribution in [-0.2, 0) is 0 Å². The Morgan fingerprint density at radius 2 is 1.07 bits per heavy atom. The molecule has 0 radical (unpaired) electrons. The van der Waals surface area contributed by atoms with E-state index in [1.807, 2.05) is 36.4 Å². The summed E-state index contributed by atoms with van der Waals surface area (Å²) >= 11 is 0. The number of hydrogen-bond donors (Lipinski definition) is 3. The number of unbranched alkanes of at least 4 members (excludes halogenated alkanes) is 4. The lowest BCUT2D eigenvalue weighted by molar-refractivity contribution is -0.528. The molecule has 0 amide bonds. The fourth-order valence-electron chi connectivity index (χ4n) is 9.03. The number of aliphatic hydroxyl groups is 1. The Bertz CT molecular complexity index is 2480. The molecule has 0 saturated heterocycles. The molecule has 58 heavy (non-hydrogen) atoms. The number of nitrogens with two attached hydrogens (primary N) is 2. The van der Waals surface area contributed by atoms with Gasteiger partial charge in [-0.2, -0.15) is 10.5 Å². The second-order valence-electron chi connectivity index (χ2n) is 15.5. The van der Waals surface area contributed by atoms with Gasteiger partial charge in [-0.25, -0.2) is 4.58 Å². The summed E-state index contributed by atoms with van der Waals surface area (Å²) in [5, 5.41) is 37.6. The SMILES string of the molecule is CCCCN(CCCC)c1c2cccc(N)c2c(C2=C(O)C(=C3c4ccccc4C(=[N+](CCCC)CCCC)c4ccccc43)C2=C(C#N)C#N)c2c(N)cccc12. The van der Waals surface area contributed by atoms with E-state index in [1.54, 1.807) is 0 Å². The highest BCUT2D eigenvalue weighted by Crippen LogP contribution is 2.57. The molecule has 5 aromatic carbocycles. The van der Waals surface area contributed by atoms with Crippen molar-refractivity contribution < 1.29 is 9.68 Å². The Kier molecular flexibility index (Phi) is 12.0. The molecule has 0 aliphatic heterocycles. The van der Waals surface area contributed by atoms with Crippen molar-refractivity contribution in [1.82, 2.24) is 0 Å². The summed E-state index contributed by atoms with van der Waals surface area (Å²) in [4.78, 5) is 2.46. The second-order valence-corrected chi connectivity index (χ2v) is 15.5. The lowest BCUT2D eigenvalue weighted by atomic mass is 9.68. The molecule has 2 aliphatic carbocycles. The number of hydrogen-bond acceptors (Lipinski definition) is 6. The average molecular weight is 768 g/mol. The summed E-state index contributed by atoms with van der Waals surface area (Å²) in [6.07, 6.45) is 8.48. The molecule has 7 heteroatoms. The van der Waals surface area contributed by atoms with E-state index in [9.17, 15) is 15.6 Å². The van der Waals surface area contributed by atoms with Crippen molar-refractivity contribution in [2.45, 2.75) is 79.1 Å². The van der Waals surface area contributed by atoms with E-state index >= 15 is 0 Å². The van der Waals surface area contributed by atoms with Gasteiger partial charge in [-0.3, -0.25) is 0 Å². The molecule has 0 spiro atoms. The number of aliphatic hydroxyl groups excluding tert-OH is 1. The topological polar surface area (TPSA) is 126 Å². The van der Waals surface area contributed by atoms with Crippen molar-refractivity contribution in [2.24, 2.45) is 0 Å². The molecular weight excluding hydrogens is 713 g/mol. The van der Waals surface area contributed by atoms with Gasteiger partial charge in [0, 0.05) is 86.7 Å². The Hall–Kier alpha value is -6.31. The van der Waals surface area contributed by atoms with E-state index in [1.165, 1.54) is 5.71 Å². The molecule has 0 heterocycles. The van der Waals surface area contributed by atoms with Crippen LogP contribution in [0, 0.1) is 22.7 Å². The molecule has 294 valence electrons. The first-order valence-electron chi connectivity index (χ1n) is 21.2. The van der Waals surface area contributed by atoms with Gasteiger partial charge in [0.05, 0.1) is 16.8 Å². The molecule has 2 aliphatic rings. The first-order chi connectivity index (χ1) is 28.4. The van der Waals surface area contributed by atoms with Gasteiger partial charge in [0.2, 0.25) is 5.71 Å². The van der Waals surface area contributed by atoms with Gasteiger partial charge in [-0.15, -0.1) is 0 Å². The zero-order chi connectivity index (χ0) is 40.9. The zero-order valence-electron chi connectivity index (χ0n) is 34.5. The maximum absolute atomic E-state index is 12.8. The van der Waals surface area contributed by atoms with Crippen molar-refractivity contribution in [3.05, 3.63) is 135 Å². The Balaban J connectivity index is 1.62. The average Bonchev–Trinajstić information content (AvgIpc) is 3.24. The van der Waals surface area contributed by atoms with Crippen LogP contribution in [-0.4, -0.2) is 41.6 Å². The summed E-state index contributed by atoms with van der Waals surface area (Å²) in [6, 6.07) is 33.1. The Morgan fingerprint density at radius 1 is 0.603 bits per heavy atom. The van der Waals surface area contributed by atoms with Gasteiger partial charge in [0.25, 0.3) is 0 Å².